The van der Waals surface area contributed by atoms with Crippen molar-refractivity contribution >= 4 is 39.1 Å². The zero-order valence-corrected chi connectivity index (χ0v) is 24.4. The molecular formula is C30H36ClN3O4S. The molecule has 0 bridgehead atoms. The lowest BCUT2D eigenvalue weighted by Gasteiger charge is -2.34. The predicted octanol–water partition coefficient (Wildman–Crippen LogP) is 5.57. The third kappa shape index (κ3) is 7.40. The highest BCUT2D eigenvalue weighted by molar-refractivity contribution is 7.92. The number of carbonyl (C=O) groups excluding carboxylic acids is 2. The summed E-state index contributed by atoms with van der Waals surface area (Å²) in [6.45, 7) is 7.08. The summed E-state index contributed by atoms with van der Waals surface area (Å²) in [5.41, 5.74) is 1.66. The highest BCUT2D eigenvalue weighted by Gasteiger charge is 2.34. The fraction of sp³-hybridized carbons (Fsp3) is 0.333. The molecule has 0 fully saturated rings. The molecular weight excluding hydrogens is 534 g/mol. The lowest BCUT2D eigenvalue weighted by Crippen LogP contribution is -2.53. The van der Waals surface area contributed by atoms with E-state index in [1.165, 1.54) is 17.0 Å². The summed E-state index contributed by atoms with van der Waals surface area (Å²) >= 11 is 6.37. The smallest absolute Gasteiger partial charge is 0.264 e. The van der Waals surface area contributed by atoms with Gasteiger partial charge in [0.1, 0.15) is 12.6 Å². The summed E-state index contributed by atoms with van der Waals surface area (Å²) in [7, 11) is -4.14. The number of carbonyl (C=O) groups is 2. The molecule has 3 rings (SSSR count). The number of sulfonamides is 1. The van der Waals surface area contributed by atoms with Gasteiger partial charge in [-0.05, 0) is 62.1 Å². The van der Waals surface area contributed by atoms with Gasteiger partial charge in [0.25, 0.3) is 10.0 Å². The highest BCUT2D eigenvalue weighted by Crippen LogP contribution is 2.31. The molecule has 0 aliphatic rings. The Morgan fingerprint density at radius 2 is 1.51 bits per heavy atom. The lowest BCUT2D eigenvalue weighted by atomic mass is 10.1. The molecule has 2 amide bonds. The molecule has 3 aromatic rings. The van der Waals surface area contributed by atoms with E-state index in [1.54, 1.807) is 43.3 Å². The normalized spacial score (nSPS) is 12.8. The van der Waals surface area contributed by atoms with Crippen molar-refractivity contribution in [3.63, 3.8) is 0 Å². The lowest BCUT2D eigenvalue weighted by molar-refractivity contribution is -0.140. The first-order valence-corrected chi connectivity index (χ1v) is 14.9. The standard InChI is InChI=1S/C30H36ClN3O4S/c1-5-22(3)32-30(36)27(6-2)33(20-24-14-9-7-10-15-24)29(35)21-34(28-19-13-18-26(31)23(28)4)39(37,38)25-16-11-8-12-17-25/h7-19,22,27H,5-6,20-21H2,1-4H3,(H,32,36)/t22-,27-/m0/s1. The van der Waals surface area contributed by atoms with Crippen molar-refractivity contribution < 1.29 is 18.0 Å². The zero-order chi connectivity index (χ0) is 28.6. The van der Waals surface area contributed by atoms with Gasteiger partial charge in [-0.15, -0.1) is 0 Å². The molecule has 0 spiro atoms. The van der Waals surface area contributed by atoms with Gasteiger partial charge in [-0.25, -0.2) is 8.42 Å². The number of amides is 2. The number of rotatable bonds is 12. The van der Waals surface area contributed by atoms with Gasteiger partial charge in [-0.2, -0.15) is 0 Å². The average Bonchev–Trinajstić information content (AvgIpc) is 2.94. The van der Waals surface area contributed by atoms with Gasteiger partial charge in [0.2, 0.25) is 11.8 Å². The van der Waals surface area contributed by atoms with Crippen LogP contribution in [-0.4, -0.2) is 43.8 Å². The van der Waals surface area contributed by atoms with Gasteiger partial charge in [-0.1, -0.05) is 80.0 Å². The van der Waals surface area contributed by atoms with Crippen LogP contribution in [0.25, 0.3) is 0 Å². The van der Waals surface area contributed by atoms with Crippen LogP contribution >= 0.6 is 11.6 Å². The number of nitrogens with zero attached hydrogens (tertiary/aromatic N) is 2. The van der Waals surface area contributed by atoms with Crippen LogP contribution in [0.2, 0.25) is 5.02 Å². The van der Waals surface area contributed by atoms with Gasteiger partial charge < -0.3 is 10.2 Å². The Morgan fingerprint density at radius 1 is 0.897 bits per heavy atom. The molecule has 0 saturated carbocycles. The third-order valence-corrected chi connectivity index (χ3v) is 8.88. The first-order chi connectivity index (χ1) is 18.6. The van der Waals surface area contributed by atoms with Crippen LogP contribution in [0.15, 0.2) is 83.8 Å². The Hall–Kier alpha value is -3.36. The van der Waals surface area contributed by atoms with Crippen molar-refractivity contribution in [3.8, 4) is 0 Å². The van der Waals surface area contributed by atoms with Gasteiger partial charge in [0, 0.05) is 17.6 Å². The maximum Gasteiger partial charge on any atom is 0.264 e. The van der Waals surface area contributed by atoms with Crippen LogP contribution in [-0.2, 0) is 26.2 Å². The Labute approximate surface area is 236 Å². The molecule has 0 unspecified atom stereocenters. The van der Waals surface area contributed by atoms with Gasteiger partial charge in [0.05, 0.1) is 10.6 Å². The first kappa shape index (κ1) is 30.2. The molecule has 7 nitrogen and oxygen atoms in total. The maximum absolute atomic E-state index is 14.1. The predicted molar refractivity (Wildman–Crippen MR) is 156 cm³/mol. The second-order valence-corrected chi connectivity index (χ2v) is 11.7. The SMILES string of the molecule is CC[C@H](C)NC(=O)[C@H](CC)N(Cc1ccccc1)C(=O)CN(c1cccc(Cl)c1C)S(=O)(=O)c1ccccc1. The van der Waals surface area contributed by atoms with E-state index in [2.05, 4.69) is 5.32 Å². The van der Waals surface area contributed by atoms with Crippen LogP contribution in [0, 0.1) is 6.92 Å². The maximum atomic E-state index is 14.1. The number of halogens is 1. The molecule has 1 N–H and O–H groups in total. The molecule has 2 atom stereocenters. The summed E-state index contributed by atoms with van der Waals surface area (Å²) < 4.78 is 28.9. The van der Waals surface area contributed by atoms with Crippen molar-refractivity contribution in [3.05, 3.63) is 95.0 Å². The van der Waals surface area contributed by atoms with Crippen LogP contribution in [0.1, 0.15) is 44.7 Å². The molecule has 39 heavy (non-hydrogen) atoms. The highest BCUT2D eigenvalue weighted by atomic mass is 35.5. The fourth-order valence-corrected chi connectivity index (χ4v) is 5.90. The number of hydrogen-bond donors (Lipinski definition) is 1. The van der Waals surface area contributed by atoms with Gasteiger partial charge >= 0.3 is 0 Å². The molecule has 0 radical (unpaired) electrons. The topological polar surface area (TPSA) is 86.8 Å². The quantitative estimate of drug-likeness (QED) is 0.309. The van der Waals surface area contributed by atoms with Crippen molar-refractivity contribution in [2.75, 3.05) is 10.8 Å². The molecule has 0 heterocycles. The van der Waals surface area contributed by atoms with Crippen LogP contribution in [0.5, 0.6) is 0 Å². The summed E-state index contributed by atoms with van der Waals surface area (Å²) in [4.78, 5) is 28.9. The number of anilines is 1. The van der Waals surface area contributed by atoms with E-state index in [4.69, 9.17) is 11.6 Å². The van der Waals surface area contributed by atoms with Crippen LogP contribution < -0.4 is 9.62 Å². The van der Waals surface area contributed by atoms with Crippen LogP contribution in [0.4, 0.5) is 5.69 Å². The largest absolute Gasteiger partial charge is 0.352 e. The number of nitrogens with one attached hydrogen (secondary N) is 1. The summed E-state index contributed by atoms with van der Waals surface area (Å²) in [6.07, 6.45) is 1.11. The van der Waals surface area contributed by atoms with E-state index in [1.807, 2.05) is 51.1 Å². The number of benzene rings is 3. The molecule has 9 heteroatoms. The average molecular weight is 570 g/mol. The van der Waals surface area contributed by atoms with Gasteiger partial charge in [0.15, 0.2) is 0 Å². The van der Waals surface area contributed by atoms with E-state index >= 15 is 0 Å². The molecule has 208 valence electrons. The summed E-state index contributed by atoms with van der Waals surface area (Å²) in [6, 6.07) is 21.4. The molecule has 0 aromatic heterocycles. The van der Waals surface area contributed by atoms with E-state index in [9.17, 15) is 18.0 Å². The third-order valence-electron chi connectivity index (χ3n) is 6.70. The molecule has 0 aliphatic heterocycles. The minimum atomic E-state index is -4.14. The van der Waals surface area contributed by atoms with Crippen LogP contribution in [0.3, 0.4) is 0 Å². The van der Waals surface area contributed by atoms with Crippen molar-refractivity contribution in [1.82, 2.24) is 10.2 Å². The molecule has 0 saturated heterocycles. The number of hydrogen-bond acceptors (Lipinski definition) is 4. The van der Waals surface area contributed by atoms with Gasteiger partial charge in [-0.3, -0.25) is 13.9 Å². The minimum Gasteiger partial charge on any atom is -0.352 e. The summed E-state index contributed by atoms with van der Waals surface area (Å²) in [5, 5.41) is 3.36. The zero-order valence-electron chi connectivity index (χ0n) is 22.8. The second-order valence-electron chi connectivity index (χ2n) is 9.46. The Morgan fingerprint density at radius 3 is 2.10 bits per heavy atom. The monoisotopic (exact) mass is 569 g/mol. The van der Waals surface area contributed by atoms with Crippen molar-refractivity contribution in [2.45, 2.75) is 64.1 Å². The Kier molecular flexibility index (Phi) is 10.5. The van der Waals surface area contributed by atoms with Crippen molar-refractivity contribution in [1.29, 1.82) is 0 Å². The second kappa shape index (κ2) is 13.6. The first-order valence-electron chi connectivity index (χ1n) is 13.1. The Balaban J connectivity index is 2.08. The molecule has 3 aromatic carbocycles. The van der Waals surface area contributed by atoms with E-state index in [0.29, 0.717) is 22.7 Å². The van der Waals surface area contributed by atoms with Crippen molar-refractivity contribution in [2.24, 2.45) is 0 Å². The summed E-state index contributed by atoms with van der Waals surface area (Å²) in [5.74, 6) is -0.767. The fourth-order valence-electron chi connectivity index (χ4n) is 4.24. The minimum absolute atomic E-state index is 0.0494. The molecule has 0 aliphatic carbocycles. The van der Waals surface area contributed by atoms with E-state index in [-0.39, 0.29) is 23.4 Å². The van der Waals surface area contributed by atoms with E-state index < -0.39 is 28.5 Å². The Bertz CT molecular complexity index is 1370. The van der Waals surface area contributed by atoms with E-state index in [0.717, 1.165) is 16.3 Å².